The van der Waals surface area contributed by atoms with Crippen LogP contribution in [0.5, 0.6) is 0 Å². The highest BCUT2D eigenvalue weighted by Gasteiger charge is 2.32. The summed E-state index contributed by atoms with van der Waals surface area (Å²) in [4.78, 5) is 35.1. The molecule has 0 aliphatic carbocycles. The molecule has 0 aromatic heterocycles. The number of hydrogen-bond acceptors (Lipinski definition) is 7. The Bertz CT molecular complexity index is 1670. The molecule has 4 aromatic carbocycles. The molecule has 10 heteroatoms. The minimum atomic E-state index is -0.960. The van der Waals surface area contributed by atoms with Gasteiger partial charge in [-0.1, -0.05) is 60.7 Å². The molecule has 1 saturated heterocycles. The molecule has 9 nitrogen and oxygen atoms in total. The Labute approximate surface area is 277 Å². The van der Waals surface area contributed by atoms with Crippen molar-refractivity contribution in [2.75, 3.05) is 5.75 Å². The van der Waals surface area contributed by atoms with E-state index in [1.807, 2.05) is 72.8 Å². The summed E-state index contributed by atoms with van der Waals surface area (Å²) < 4.78 is 13.1. The van der Waals surface area contributed by atoms with Crippen LogP contribution >= 0.6 is 11.8 Å². The van der Waals surface area contributed by atoms with Crippen molar-refractivity contribution in [2.24, 2.45) is 0 Å². The molecule has 0 radical (unpaired) electrons. The first kappa shape index (κ1) is 33.9. The number of benzene rings is 4. The lowest BCUT2D eigenvalue weighted by atomic mass is 9.99. The lowest BCUT2D eigenvalue weighted by Gasteiger charge is -2.36. The Hall–Kier alpha value is -4.48. The highest BCUT2D eigenvalue weighted by Crippen LogP contribution is 2.40. The number of aliphatic hydroxyl groups excluding tert-OH is 1. The third-order valence-electron chi connectivity index (χ3n) is 7.86. The normalized spacial score (nSPS) is 17.6. The predicted molar refractivity (Wildman–Crippen MR) is 178 cm³/mol. The van der Waals surface area contributed by atoms with Crippen LogP contribution in [0.1, 0.15) is 70.7 Å². The number of carbonyl (C=O) groups excluding carboxylic acids is 1. The zero-order valence-electron chi connectivity index (χ0n) is 25.7. The van der Waals surface area contributed by atoms with E-state index in [-0.39, 0.29) is 43.1 Å². The van der Waals surface area contributed by atoms with E-state index in [2.05, 4.69) is 5.32 Å². The summed E-state index contributed by atoms with van der Waals surface area (Å²) in [5.74, 6) is -1.42. The number of carbonyl (C=O) groups is 3. The van der Waals surface area contributed by atoms with Gasteiger partial charge in [0, 0.05) is 42.0 Å². The molecule has 0 spiro atoms. The first-order chi connectivity index (χ1) is 22.8. The standard InChI is InChI=1S/C37H37NO8S/c39-22-24-10-12-26(13-11-24)33-20-31(23-47-32-16-14-27(15-17-32)36(43)44)45-37(46-33)30-7-2-6-29(19-30)28-5-1-4-25(18-28)21-38-34(40)8-3-9-35(41)42/h1-2,4-7,10-19,31,33,37,39H,3,8-9,20-23H2,(H,38,40)(H,41,42)(H,43,44)/t31-,33+,37+/m1/s1. The van der Waals surface area contributed by atoms with Gasteiger partial charge in [-0.05, 0) is 70.6 Å². The second kappa shape index (κ2) is 16.4. The van der Waals surface area contributed by atoms with Gasteiger partial charge in [0.2, 0.25) is 5.91 Å². The second-order valence-corrected chi connectivity index (χ2v) is 12.4. The van der Waals surface area contributed by atoms with E-state index in [0.717, 1.165) is 38.3 Å². The number of carboxylic acids is 2. The van der Waals surface area contributed by atoms with Gasteiger partial charge in [-0.25, -0.2) is 4.79 Å². The maximum absolute atomic E-state index is 12.2. The first-order valence-corrected chi connectivity index (χ1v) is 16.4. The smallest absolute Gasteiger partial charge is 0.335 e. The van der Waals surface area contributed by atoms with Gasteiger partial charge < -0.3 is 30.1 Å². The molecular weight excluding hydrogens is 618 g/mol. The van der Waals surface area contributed by atoms with E-state index < -0.39 is 18.2 Å². The highest BCUT2D eigenvalue weighted by atomic mass is 32.2. The molecule has 4 N–H and O–H groups in total. The molecule has 3 atom stereocenters. The summed E-state index contributed by atoms with van der Waals surface area (Å²) in [6, 6.07) is 30.4. The van der Waals surface area contributed by atoms with Gasteiger partial charge in [0.05, 0.1) is 24.4 Å². The Kier molecular flexibility index (Phi) is 11.8. The average molecular weight is 656 g/mol. The third-order valence-corrected chi connectivity index (χ3v) is 9.00. The molecular formula is C37H37NO8S. The van der Waals surface area contributed by atoms with Gasteiger partial charge in [0.15, 0.2) is 6.29 Å². The van der Waals surface area contributed by atoms with Gasteiger partial charge in [0.25, 0.3) is 0 Å². The van der Waals surface area contributed by atoms with Crippen LogP contribution < -0.4 is 5.32 Å². The Balaban J connectivity index is 1.30. The summed E-state index contributed by atoms with van der Waals surface area (Å²) in [6.45, 7) is 0.300. The number of thioether (sulfide) groups is 1. The van der Waals surface area contributed by atoms with Crippen molar-refractivity contribution in [1.82, 2.24) is 5.32 Å². The summed E-state index contributed by atoms with van der Waals surface area (Å²) in [6.07, 6.45) is 0.00997. The Morgan fingerprint density at radius 3 is 2.21 bits per heavy atom. The van der Waals surface area contributed by atoms with Crippen LogP contribution in [0.25, 0.3) is 11.1 Å². The van der Waals surface area contributed by atoms with Crippen molar-refractivity contribution in [2.45, 2.75) is 62.2 Å². The lowest BCUT2D eigenvalue weighted by Crippen LogP contribution is -2.31. The summed E-state index contributed by atoms with van der Waals surface area (Å²) >= 11 is 1.60. The summed E-state index contributed by atoms with van der Waals surface area (Å²) in [5.41, 5.74) is 5.76. The van der Waals surface area contributed by atoms with Crippen molar-refractivity contribution in [3.8, 4) is 11.1 Å². The number of hydrogen-bond donors (Lipinski definition) is 4. The second-order valence-electron chi connectivity index (χ2n) is 11.3. The van der Waals surface area contributed by atoms with Crippen LogP contribution in [0.3, 0.4) is 0 Å². The fourth-order valence-corrected chi connectivity index (χ4v) is 6.24. The van der Waals surface area contributed by atoms with Crippen molar-refractivity contribution in [3.63, 3.8) is 0 Å². The topological polar surface area (TPSA) is 142 Å². The van der Waals surface area contributed by atoms with E-state index in [0.29, 0.717) is 25.1 Å². The van der Waals surface area contributed by atoms with Gasteiger partial charge >= 0.3 is 11.9 Å². The molecule has 1 fully saturated rings. The van der Waals surface area contributed by atoms with Crippen LogP contribution in [-0.2, 0) is 32.2 Å². The number of rotatable bonds is 14. The number of amides is 1. The zero-order chi connectivity index (χ0) is 33.2. The summed E-state index contributed by atoms with van der Waals surface area (Å²) in [7, 11) is 0. The van der Waals surface area contributed by atoms with Crippen LogP contribution in [0.2, 0.25) is 0 Å². The fraction of sp³-hybridized carbons (Fsp3) is 0.270. The number of aliphatic hydroxyl groups is 1. The molecule has 0 bridgehead atoms. The molecule has 0 unspecified atom stereocenters. The van der Waals surface area contributed by atoms with Crippen LogP contribution in [-0.4, -0.2) is 45.0 Å². The Morgan fingerprint density at radius 1 is 0.787 bits per heavy atom. The SMILES string of the molecule is O=C(O)CCCC(=O)NCc1cccc(-c2cccc([C@H]3O[C@@H](CSc4ccc(C(=O)O)cc4)C[C@@H](c4ccc(CO)cc4)O3)c2)c1. The first-order valence-electron chi connectivity index (χ1n) is 15.4. The maximum Gasteiger partial charge on any atom is 0.335 e. The van der Waals surface area contributed by atoms with E-state index in [9.17, 15) is 24.6 Å². The molecule has 1 aliphatic rings. The minimum absolute atomic E-state index is 0.0353. The fourth-order valence-electron chi connectivity index (χ4n) is 5.32. The van der Waals surface area contributed by atoms with Gasteiger partial charge in [-0.15, -0.1) is 11.8 Å². The van der Waals surface area contributed by atoms with Crippen molar-refractivity contribution in [3.05, 3.63) is 125 Å². The molecule has 47 heavy (non-hydrogen) atoms. The van der Waals surface area contributed by atoms with Crippen LogP contribution in [0.4, 0.5) is 0 Å². The van der Waals surface area contributed by atoms with Crippen molar-refractivity contribution in [1.29, 1.82) is 0 Å². The highest BCUT2D eigenvalue weighted by molar-refractivity contribution is 7.99. The predicted octanol–water partition coefficient (Wildman–Crippen LogP) is 6.75. The van der Waals surface area contributed by atoms with E-state index in [4.69, 9.17) is 14.6 Å². The average Bonchev–Trinajstić information content (AvgIpc) is 3.10. The number of ether oxygens (including phenoxy) is 2. The van der Waals surface area contributed by atoms with E-state index in [1.54, 1.807) is 36.0 Å². The monoisotopic (exact) mass is 655 g/mol. The molecule has 5 rings (SSSR count). The molecule has 1 amide bonds. The van der Waals surface area contributed by atoms with Crippen molar-refractivity contribution < 1.29 is 39.2 Å². The molecule has 4 aromatic rings. The third kappa shape index (κ3) is 9.76. The largest absolute Gasteiger partial charge is 0.481 e. The van der Waals surface area contributed by atoms with Crippen molar-refractivity contribution >= 4 is 29.6 Å². The van der Waals surface area contributed by atoms with Crippen LogP contribution in [0.15, 0.2) is 102 Å². The number of carboxylic acid groups (broad SMARTS) is 2. The zero-order valence-corrected chi connectivity index (χ0v) is 26.5. The van der Waals surface area contributed by atoms with Crippen LogP contribution in [0, 0.1) is 0 Å². The quantitative estimate of drug-likeness (QED) is 0.109. The van der Waals surface area contributed by atoms with Gasteiger partial charge in [0.1, 0.15) is 0 Å². The van der Waals surface area contributed by atoms with E-state index >= 15 is 0 Å². The lowest BCUT2D eigenvalue weighted by molar-refractivity contribution is -0.245. The van der Waals surface area contributed by atoms with Gasteiger partial charge in [-0.3, -0.25) is 9.59 Å². The Morgan fingerprint density at radius 2 is 1.51 bits per heavy atom. The summed E-state index contributed by atoms with van der Waals surface area (Å²) in [5, 5.41) is 30.4. The number of aromatic carboxylic acids is 1. The minimum Gasteiger partial charge on any atom is -0.481 e. The molecule has 0 saturated carbocycles. The molecule has 244 valence electrons. The van der Waals surface area contributed by atoms with E-state index in [1.165, 1.54) is 0 Å². The van der Waals surface area contributed by atoms with Gasteiger partial charge in [-0.2, -0.15) is 0 Å². The number of nitrogens with one attached hydrogen (secondary N) is 1. The number of aliphatic carboxylic acids is 1. The molecule has 1 aliphatic heterocycles. The maximum atomic E-state index is 12.2. The molecule has 1 heterocycles.